The number of hydrogen-bond acceptors (Lipinski definition) is 5. The summed E-state index contributed by atoms with van der Waals surface area (Å²) < 4.78 is 0. The van der Waals surface area contributed by atoms with E-state index in [1.807, 2.05) is 18.0 Å². The Hall–Kier alpha value is -2.64. The number of benzene rings is 2. The van der Waals surface area contributed by atoms with Crippen molar-refractivity contribution in [1.29, 1.82) is 0 Å². The number of hydrogen-bond donors (Lipinski definition) is 1. The Morgan fingerprint density at radius 2 is 1.81 bits per heavy atom. The normalized spacial score (nSPS) is 14.9. The number of nitrogens with one attached hydrogen (secondary N) is 1. The molecular weight excluding hydrogens is 356 g/mol. The van der Waals surface area contributed by atoms with Gasteiger partial charge < -0.3 is 15.1 Å². The van der Waals surface area contributed by atoms with Crippen molar-refractivity contribution < 1.29 is 9.72 Å². The zero-order valence-electron chi connectivity index (χ0n) is 14.3. The molecule has 7 nitrogen and oxygen atoms in total. The molecule has 1 N–H and O–H groups in total. The lowest BCUT2D eigenvalue weighted by Gasteiger charge is -2.33. The minimum atomic E-state index is -0.442. The highest BCUT2D eigenvalue weighted by atomic mass is 35.5. The average molecular weight is 375 g/mol. The van der Waals surface area contributed by atoms with Crippen molar-refractivity contribution in [3.63, 3.8) is 0 Å². The second-order valence-corrected chi connectivity index (χ2v) is 6.60. The molecule has 1 fully saturated rings. The maximum absolute atomic E-state index is 12.4. The van der Waals surface area contributed by atoms with Crippen molar-refractivity contribution in [3.05, 3.63) is 63.2 Å². The van der Waals surface area contributed by atoms with Crippen LogP contribution in [0.3, 0.4) is 0 Å². The molecule has 2 aromatic rings. The third kappa shape index (κ3) is 3.95. The number of amides is 1. The van der Waals surface area contributed by atoms with Gasteiger partial charge in [-0.1, -0.05) is 29.8 Å². The topological polar surface area (TPSA) is 78.7 Å². The zero-order valence-corrected chi connectivity index (χ0v) is 15.1. The zero-order chi connectivity index (χ0) is 18.7. The molecule has 1 aliphatic heterocycles. The van der Waals surface area contributed by atoms with E-state index in [1.54, 1.807) is 30.3 Å². The van der Waals surface area contributed by atoms with Gasteiger partial charge in [0.2, 0.25) is 0 Å². The van der Waals surface area contributed by atoms with Gasteiger partial charge in [-0.15, -0.1) is 0 Å². The van der Waals surface area contributed by atoms with Crippen LogP contribution in [-0.4, -0.2) is 49.0 Å². The highest BCUT2D eigenvalue weighted by Gasteiger charge is 2.25. The summed E-state index contributed by atoms with van der Waals surface area (Å²) in [5, 5.41) is 14.3. The number of carbonyl (C=O) groups excluding carboxylic acids is 1. The molecule has 0 aliphatic carbocycles. The van der Waals surface area contributed by atoms with Crippen LogP contribution in [0.1, 0.15) is 10.4 Å². The third-order valence-corrected chi connectivity index (χ3v) is 4.70. The number of nitrogens with zero attached hydrogens (tertiary/aromatic N) is 3. The van der Waals surface area contributed by atoms with Crippen molar-refractivity contribution >= 4 is 34.6 Å². The van der Waals surface area contributed by atoms with Gasteiger partial charge in [0.05, 0.1) is 15.6 Å². The van der Waals surface area contributed by atoms with Gasteiger partial charge in [0.25, 0.3) is 11.6 Å². The van der Waals surface area contributed by atoms with E-state index < -0.39 is 4.92 Å². The molecule has 0 radical (unpaired) electrons. The number of anilines is 2. The van der Waals surface area contributed by atoms with E-state index in [0.717, 1.165) is 13.1 Å². The van der Waals surface area contributed by atoms with Crippen LogP contribution in [0.2, 0.25) is 5.02 Å². The molecule has 26 heavy (non-hydrogen) atoms. The Labute approximate surface area is 156 Å². The summed E-state index contributed by atoms with van der Waals surface area (Å²) >= 11 is 6.19. The van der Waals surface area contributed by atoms with Gasteiger partial charge in [-0.2, -0.15) is 0 Å². The molecule has 8 heteroatoms. The molecule has 1 heterocycles. The molecule has 2 aromatic carbocycles. The van der Waals surface area contributed by atoms with Crippen LogP contribution in [0.5, 0.6) is 0 Å². The van der Waals surface area contributed by atoms with Crippen LogP contribution in [0.4, 0.5) is 17.1 Å². The lowest BCUT2D eigenvalue weighted by Crippen LogP contribution is -2.44. The predicted molar refractivity (Wildman–Crippen MR) is 102 cm³/mol. The van der Waals surface area contributed by atoms with Crippen molar-refractivity contribution in [2.24, 2.45) is 0 Å². The van der Waals surface area contributed by atoms with Crippen LogP contribution in [0.25, 0.3) is 0 Å². The van der Waals surface area contributed by atoms with Gasteiger partial charge in [0.15, 0.2) is 0 Å². The van der Waals surface area contributed by atoms with Crippen molar-refractivity contribution in [1.82, 2.24) is 4.90 Å². The summed E-state index contributed by atoms with van der Waals surface area (Å²) in [6.45, 7) is 2.97. The van der Waals surface area contributed by atoms with E-state index in [0.29, 0.717) is 30.0 Å². The second kappa shape index (κ2) is 7.72. The molecule has 3 rings (SSSR count). The quantitative estimate of drug-likeness (QED) is 0.656. The molecule has 0 bridgehead atoms. The average Bonchev–Trinajstić information content (AvgIpc) is 2.64. The molecule has 136 valence electrons. The Balaban J connectivity index is 1.92. The summed E-state index contributed by atoms with van der Waals surface area (Å²) in [5.74, 6) is -0.314. The SMILES string of the molecule is CN1CCN(c2cc(NC(=O)c3ccccc3)c(Cl)cc2[N+](=O)[O-])CC1. The first kappa shape index (κ1) is 18.2. The smallest absolute Gasteiger partial charge is 0.294 e. The molecule has 1 amide bonds. The Bertz CT molecular complexity index is 821. The number of piperazine rings is 1. The summed E-state index contributed by atoms with van der Waals surface area (Å²) in [5.41, 5.74) is 1.26. The van der Waals surface area contributed by atoms with Crippen LogP contribution < -0.4 is 10.2 Å². The minimum absolute atomic E-state index is 0.0581. The first-order valence-corrected chi connectivity index (χ1v) is 8.61. The van der Waals surface area contributed by atoms with E-state index in [1.165, 1.54) is 6.07 Å². The first-order chi connectivity index (χ1) is 12.5. The third-order valence-electron chi connectivity index (χ3n) is 4.39. The largest absolute Gasteiger partial charge is 0.363 e. The van der Waals surface area contributed by atoms with Crippen LogP contribution in [0, 0.1) is 10.1 Å². The maximum atomic E-state index is 12.4. The van der Waals surface area contributed by atoms with Gasteiger partial charge in [-0.05, 0) is 25.2 Å². The number of nitro groups is 1. The van der Waals surface area contributed by atoms with E-state index in [9.17, 15) is 14.9 Å². The van der Waals surface area contributed by atoms with E-state index in [2.05, 4.69) is 10.2 Å². The lowest BCUT2D eigenvalue weighted by atomic mass is 10.1. The fourth-order valence-electron chi connectivity index (χ4n) is 2.88. The predicted octanol–water partition coefficient (Wildman–Crippen LogP) is 3.25. The second-order valence-electron chi connectivity index (χ2n) is 6.19. The summed E-state index contributed by atoms with van der Waals surface area (Å²) in [6, 6.07) is 11.6. The molecule has 1 aliphatic rings. The molecular formula is C18H19ClN4O3. The highest BCUT2D eigenvalue weighted by molar-refractivity contribution is 6.34. The number of likely N-dealkylation sites (N-methyl/N-ethyl adjacent to an activating group) is 1. The fourth-order valence-corrected chi connectivity index (χ4v) is 3.08. The van der Waals surface area contributed by atoms with Gasteiger partial charge in [0, 0.05) is 37.8 Å². The van der Waals surface area contributed by atoms with E-state index in [4.69, 9.17) is 11.6 Å². The maximum Gasteiger partial charge on any atom is 0.294 e. The van der Waals surface area contributed by atoms with Crippen molar-refractivity contribution in [2.45, 2.75) is 0 Å². The fraction of sp³-hybridized carbons (Fsp3) is 0.278. The first-order valence-electron chi connectivity index (χ1n) is 8.23. The molecule has 0 aromatic heterocycles. The highest BCUT2D eigenvalue weighted by Crippen LogP contribution is 2.37. The Morgan fingerprint density at radius 3 is 2.42 bits per heavy atom. The van der Waals surface area contributed by atoms with E-state index >= 15 is 0 Å². The Morgan fingerprint density at radius 1 is 1.15 bits per heavy atom. The number of carbonyl (C=O) groups is 1. The minimum Gasteiger partial charge on any atom is -0.363 e. The molecule has 1 saturated heterocycles. The summed E-state index contributed by atoms with van der Waals surface area (Å²) in [6.07, 6.45) is 0. The van der Waals surface area contributed by atoms with Crippen LogP contribution >= 0.6 is 11.6 Å². The van der Waals surface area contributed by atoms with Gasteiger partial charge in [-0.3, -0.25) is 14.9 Å². The van der Waals surface area contributed by atoms with Gasteiger partial charge in [-0.25, -0.2) is 0 Å². The van der Waals surface area contributed by atoms with Crippen LogP contribution in [-0.2, 0) is 0 Å². The van der Waals surface area contributed by atoms with Crippen LogP contribution in [0.15, 0.2) is 42.5 Å². The molecule has 0 unspecified atom stereocenters. The monoisotopic (exact) mass is 374 g/mol. The lowest BCUT2D eigenvalue weighted by molar-refractivity contribution is -0.384. The van der Waals surface area contributed by atoms with Gasteiger partial charge >= 0.3 is 0 Å². The standard InChI is InChI=1S/C18H19ClN4O3/c1-21-7-9-22(10-8-21)16-12-15(14(19)11-17(16)23(25)26)20-18(24)13-5-3-2-4-6-13/h2-6,11-12H,7-10H2,1H3,(H,20,24). The Kier molecular flexibility index (Phi) is 5.39. The van der Waals surface area contributed by atoms with Crippen molar-refractivity contribution in [3.8, 4) is 0 Å². The molecule has 0 atom stereocenters. The van der Waals surface area contributed by atoms with Gasteiger partial charge in [0.1, 0.15) is 5.69 Å². The van der Waals surface area contributed by atoms with Crippen molar-refractivity contribution in [2.75, 3.05) is 43.4 Å². The molecule has 0 spiro atoms. The summed E-state index contributed by atoms with van der Waals surface area (Å²) in [4.78, 5) is 27.5. The number of rotatable bonds is 4. The number of halogens is 1. The summed E-state index contributed by atoms with van der Waals surface area (Å²) in [7, 11) is 2.01. The molecule has 0 saturated carbocycles. The van der Waals surface area contributed by atoms with E-state index in [-0.39, 0.29) is 16.6 Å². The number of nitro benzene ring substituents is 1.